The van der Waals surface area contributed by atoms with Crippen molar-refractivity contribution < 1.29 is 8.42 Å². The number of benzene rings is 1. The molecule has 1 atom stereocenters. The number of thiophene rings is 1. The summed E-state index contributed by atoms with van der Waals surface area (Å²) in [5.41, 5.74) is 3.20. The van der Waals surface area contributed by atoms with Crippen molar-refractivity contribution >= 4 is 37.3 Å². The summed E-state index contributed by atoms with van der Waals surface area (Å²) in [6.45, 7) is 5.85. The van der Waals surface area contributed by atoms with Crippen LogP contribution in [0.3, 0.4) is 0 Å². The van der Waals surface area contributed by atoms with Crippen LogP contribution in [0.4, 0.5) is 0 Å². The van der Waals surface area contributed by atoms with Crippen molar-refractivity contribution in [2.45, 2.75) is 31.0 Å². The van der Waals surface area contributed by atoms with Gasteiger partial charge in [0.1, 0.15) is 4.21 Å². The van der Waals surface area contributed by atoms with Gasteiger partial charge in [0.05, 0.1) is 0 Å². The van der Waals surface area contributed by atoms with E-state index in [1.807, 2.05) is 39.0 Å². The van der Waals surface area contributed by atoms with Gasteiger partial charge in [0, 0.05) is 10.5 Å². The quantitative estimate of drug-likeness (QED) is 0.873. The monoisotopic (exact) mass is 373 g/mol. The third kappa shape index (κ3) is 3.31. The molecule has 0 fully saturated rings. The third-order valence-corrected chi connectivity index (χ3v) is 7.27. The average Bonchev–Trinajstić information content (AvgIpc) is 2.79. The zero-order valence-electron chi connectivity index (χ0n) is 11.5. The number of rotatable bonds is 4. The van der Waals surface area contributed by atoms with E-state index >= 15 is 0 Å². The van der Waals surface area contributed by atoms with Gasteiger partial charge in [-0.1, -0.05) is 23.8 Å². The summed E-state index contributed by atoms with van der Waals surface area (Å²) in [5, 5.41) is 1.75. The highest BCUT2D eigenvalue weighted by atomic mass is 79.9. The molecule has 0 aliphatic rings. The minimum absolute atomic E-state index is 0.270. The second-order valence-electron chi connectivity index (χ2n) is 4.76. The van der Waals surface area contributed by atoms with Crippen molar-refractivity contribution in [1.82, 2.24) is 4.72 Å². The fourth-order valence-electron chi connectivity index (χ4n) is 2.05. The molecule has 20 heavy (non-hydrogen) atoms. The Balaban J connectivity index is 2.30. The number of aryl methyl sites for hydroxylation is 2. The Labute approximate surface area is 132 Å². The van der Waals surface area contributed by atoms with Crippen molar-refractivity contribution in [2.24, 2.45) is 0 Å². The lowest BCUT2D eigenvalue weighted by atomic mass is 10.0. The van der Waals surface area contributed by atoms with E-state index in [9.17, 15) is 8.42 Å². The van der Waals surface area contributed by atoms with E-state index in [4.69, 9.17) is 0 Å². The Morgan fingerprint density at radius 3 is 2.55 bits per heavy atom. The van der Waals surface area contributed by atoms with Crippen LogP contribution in [0.1, 0.15) is 29.7 Å². The van der Waals surface area contributed by atoms with E-state index in [1.165, 1.54) is 11.3 Å². The van der Waals surface area contributed by atoms with Crippen LogP contribution in [-0.2, 0) is 10.0 Å². The smallest absolute Gasteiger partial charge is 0.206 e. The summed E-state index contributed by atoms with van der Waals surface area (Å²) >= 11 is 4.47. The number of hydrogen-bond acceptors (Lipinski definition) is 3. The largest absolute Gasteiger partial charge is 0.251 e. The molecule has 1 unspecified atom stereocenters. The maximum Gasteiger partial charge on any atom is 0.251 e. The van der Waals surface area contributed by atoms with Gasteiger partial charge in [-0.2, -0.15) is 0 Å². The van der Waals surface area contributed by atoms with Crippen LogP contribution in [0.2, 0.25) is 0 Å². The summed E-state index contributed by atoms with van der Waals surface area (Å²) in [6.07, 6.45) is 0. The lowest BCUT2D eigenvalue weighted by Crippen LogP contribution is -2.27. The van der Waals surface area contributed by atoms with Crippen LogP contribution < -0.4 is 4.72 Å². The normalized spacial score (nSPS) is 13.4. The standard InChI is InChI=1S/C14H16BrNO2S2/c1-9-4-5-10(2)12(8-9)11(3)16-20(17,18)14-13(15)6-7-19-14/h4-8,11,16H,1-3H3. The maximum absolute atomic E-state index is 12.4. The molecule has 0 saturated carbocycles. The zero-order valence-corrected chi connectivity index (χ0v) is 14.7. The van der Waals surface area contributed by atoms with E-state index in [-0.39, 0.29) is 6.04 Å². The highest BCUT2D eigenvalue weighted by Crippen LogP contribution is 2.29. The first-order valence-electron chi connectivity index (χ1n) is 6.14. The van der Waals surface area contributed by atoms with Crippen molar-refractivity contribution in [1.29, 1.82) is 0 Å². The van der Waals surface area contributed by atoms with Gasteiger partial charge in [0.2, 0.25) is 0 Å². The molecule has 108 valence electrons. The van der Waals surface area contributed by atoms with E-state index < -0.39 is 10.0 Å². The fraction of sp³-hybridized carbons (Fsp3) is 0.286. The Bertz CT molecular complexity index is 723. The molecule has 2 rings (SSSR count). The number of hydrogen-bond donors (Lipinski definition) is 1. The highest BCUT2D eigenvalue weighted by molar-refractivity contribution is 9.10. The van der Waals surface area contributed by atoms with Gasteiger partial charge in [-0.15, -0.1) is 11.3 Å². The first-order valence-corrected chi connectivity index (χ1v) is 9.29. The Morgan fingerprint density at radius 1 is 1.25 bits per heavy atom. The SMILES string of the molecule is Cc1ccc(C)c(C(C)NS(=O)(=O)c2sccc2Br)c1. The van der Waals surface area contributed by atoms with Gasteiger partial charge < -0.3 is 0 Å². The third-order valence-electron chi connectivity index (χ3n) is 3.06. The lowest BCUT2D eigenvalue weighted by Gasteiger charge is -2.17. The topological polar surface area (TPSA) is 46.2 Å². The summed E-state index contributed by atoms with van der Waals surface area (Å²) in [6, 6.07) is 7.52. The Kier molecular flexibility index (Phi) is 4.69. The zero-order chi connectivity index (χ0) is 14.9. The second kappa shape index (κ2) is 5.97. The van der Waals surface area contributed by atoms with E-state index in [2.05, 4.69) is 20.7 Å². The first kappa shape index (κ1) is 15.7. The molecular formula is C14H16BrNO2S2. The summed E-state index contributed by atoms with van der Waals surface area (Å²) in [7, 11) is -3.50. The molecule has 0 radical (unpaired) electrons. The van der Waals surface area contributed by atoms with E-state index in [1.54, 1.807) is 11.4 Å². The van der Waals surface area contributed by atoms with Gasteiger partial charge in [-0.05, 0) is 59.3 Å². The molecule has 0 bridgehead atoms. The van der Waals surface area contributed by atoms with Crippen LogP contribution in [0.15, 0.2) is 38.3 Å². The van der Waals surface area contributed by atoms with Gasteiger partial charge >= 0.3 is 0 Å². The Morgan fingerprint density at radius 2 is 1.95 bits per heavy atom. The van der Waals surface area contributed by atoms with Crippen LogP contribution in [0, 0.1) is 13.8 Å². The van der Waals surface area contributed by atoms with E-state index in [0.717, 1.165) is 16.7 Å². The molecule has 1 heterocycles. The molecule has 0 spiro atoms. The highest BCUT2D eigenvalue weighted by Gasteiger charge is 2.22. The first-order chi connectivity index (χ1) is 9.31. The van der Waals surface area contributed by atoms with Crippen molar-refractivity contribution in [3.05, 3.63) is 50.8 Å². The summed E-state index contributed by atoms with van der Waals surface area (Å²) < 4.78 is 28.4. The molecule has 0 amide bonds. The van der Waals surface area contributed by atoms with Crippen molar-refractivity contribution in [3.8, 4) is 0 Å². The predicted octanol–water partition coefficient (Wildman–Crippen LogP) is 4.17. The second-order valence-corrected chi connectivity index (χ2v) is 8.44. The molecule has 1 N–H and O–H groups in total. The molecule has 2 aromatic rings. The maximum atomic E-state index is 12.4. The van der Waals surface area contributed by atoms with Gasteiger partial charge in [0.15, 0.2) is 0 Å². The fourth-order valence-corrected chi connectivity index (χ4v) is 5.62. The minimum atomic E-state index is -3.50. The van der Waals surface area contributed by atoms with Crippen LogP contribution >= 0.6 is 27.3 Å². The molecular weight excluding hydrogens is 358 g/mol. The van der Waals surface area contributed by atoms with Gasteiger partial charge in [0.25, 0.3) is 10.0 Å². The number of sulfonamides is 1. The van der Waals surface area contributed by atoms with Crippen molar-refractivity contribution in [3.63, 3.8) is 0 Å². The number of halogens is 1. The average molecular weight is 374 g/mol. The minimum Gasteiger partial charge on any atom is -0.206 e. The Hall–Kier alpha value is -0.690. The molecule has 6 heteroatoms. The summed E-state index contributed by atoms with van der Waals surface area (Å²) in [5.74, 6) is 0. The summed E-state index contributed by atoms with van der Waals surface area (Å²) in [4.78, 5) is 0. The van der Waals surface area contributed by atoms with Crippen LogP contribution in [0.5, 0.6) is 0 Å². The van der Waals surface area contributed by atoms with Crippen molar-refractivity contribution in [2.75, 3.05) is 0 Å². The number of nitrogens with one attached hydrogen (secondary N) is 1. The van der Waals surface area contributed by atoms with Gasteiger partial charge in [-0.3, -0.25) is 0 Å². The molecule has 0 aliphatic carbocycles. The van der Waals surface area contributed by atoms with Crippen LogP contribution in [-0.4, -0.2) is 8.42 Å². The molecule has 0 saturated heterocycles. The van der Waals surface area contributed by atoms with Gasteiger partial charge in [-0.25, -0.2) is 13.1 Å². The molecule has 0 aliphatic heterocycles. The predicted molar refractivity (Wildman–Crippen MR) is 86.7 cm³/mol. The van der Waals surface area contributed by atoms with Crippen LogP contribution in [0.25, 0.3) is 0 Å². The molecule has 1 aromatic heterocycles. The molecule has 3 nitrogen and oxygen atoms in total. The van der Waals surface area contributed by atoms with E-state index in [0.29, 0.717) is 8.68 Å². The lowest BCUT2D eigenvalue weighted by molar-refractivity contribution is 0.568. The molecule has 1 aromatic carbocycles.